The quantitative estimate of drug-likeness (QED) is 0.481. The van der Waals surface area contributed by atoms with Gasteiger partial charge < -0.3 is 10.1 Å². The molecule has 5 atom stereocenters. The van der Waals surface area contributed by atoms with Gasteiger partial charge in [-0.2, -0.15) is 11.8 Å². The predicted molar refractivity (Wildman–Crippen MR) is 118 cm³/mol. The minimum atomic E-state index is 0.0297. The Morgan fingerprint density at radius 1 is 1.00 bits per heavy atom. The van der Waals surface area contributed by atoms with Crippen LogP contribution < -0.4 is 5.32 Å². The molecule has 6 heteroatoms. The number of anilines is 1. The second-order valence-corrected chi connectivity index (χ2v) is 10.6. The van der Waals surface area contributed by atoms with Crippen molar-refractivity contribution in [1.29, 1.82) is 0 Å². The molecule has 1 N–H and O–H groups in total. The van der Waals surface area contributed by atoms with Crippen LogP contribution in [0, 0.1) is 35.5 Å². The highest BCUT2D eigenvalue weighted by Gasteiger charge is 2.56. The van der Waals surface area contributed by atoms with Gasteiger partial charge in [0, 0.05) is 23.6 Å². The van der Waals surface area contributed by atoms with E-state index in [2.05, 4.69) is 10.3 Å². The van der Waals surface area contributed by atoms with E-state index in [-0.39, 0.29) is 23.7 Å². The molecule has 5 nitrogen and oxygen atoms in total. The molecule has 4 aliphatic rings. The van der Waals surface area contributed by atoms with Crippen molar-refractivity contribution in [2.24, 2.45) is 35.5 Å². The third-order valence-electron chi connectivity index (χ3n) is 7.70. The van der Waals surface area contributed by atoms with Crippen molar-refractivity contribution < 1.29 is 14.3 Å². The lowest BCUT2D eigenvalue weighted by molar-refractivity contribution is -0.145. The zero-order chi connectivity index (χ0) is 20.5. The topological polar surface area (TPSA) is 68.3 Å². The summed E-state index contributed by atoms with van der Waals surface area (Å²) < 4.78 is 5.52. The van der Waals surface area contributed by atoms with E-state index < -0.39 is 0 Å². The molecular formula is C24H32N2O3S. The van der Waals surface area contributed by atoms with Gasteiger partial charge in [-0.15, -0.1) is 0 Å². The zero-order valence-corrected chi connectivity index (χ0v) is 18.4. The number of hydrogen-bond donors (Lipinski definition) is 1. The van der Waals surface area contributed by atoms with Gasteiger partial charge in [-0.1, -0.05) is 25.7 Å². The number of carbonyl (C=O) groups is 2. The number of fused-ring (bicyclic) bond motifs is 2. The molecule has 5 rings (SSSR count). The van der Waals surface area contributed by atoms with Crippen LogP contribution >= 0.6 is 11.8 Å². The highest BCUT2D eigenvalue weighted by atomic mass is 32.2. The number of nitrogens with one attached hydrogen (secondary N) is 1. The van der Waals surface area contributed by atoms with Crippen molar-refractivity contribution in [3.63, 3.8) is 0 Å². The maximum Gasteiger partial charge on any atom is 0.309 e. The van der Waals surface area contributed by atoms with Gasteiger partial charge in [-0.25, -0.2) is 4.98 Å². The van der Waals surface area contributed by atoms with Crippen LogP contribution in [-0.4, -0.2) is 29.2 Å². The molecule has 30 heavy (non-hydrogen) atoms. The minimum Gasteiger partial charge on any atom is -0.465 e. The van der Waals surface area contributed by atoms with Gasteiger partial charge in [-0.3, -0.25) is 9.59 Å². The van der Waals surface area contributed by atoms with Crippen LogP contribution in [0.15, 0.2) is 18.3 Å². The van der Waals surface area contributed by atoms with Crippen LogP contribution in [0.25, 0.3) is 0 Å². The van der Waals surface area contributed by atoms with E-state index in [0.717, 1.165) is 17.1 Å². The molecule has 4 fully saturated rings. The Balaban J connectivity index is 1.01. The summed E-state index contributed by atoms with van der Waals surface area (Å²) >= 11 is 1.75. The van der Waals surface area contributed by atoms with Gasteiger partial charge in [0.25, 0.3) is 0 Å². The molecule has 1 unspecified atom stereocenters. The summed E-state index contributed by atoms with van der Waals surface area (Å²) in [7, 11) is 0. The molecule has 1 aromatic rings. The van der Waals surface area contributed by atoms with Gasteiger partial charge in [0.1, 0.15) is 12.4 Å². The molecule has 0 radical (unpaired) electrons. The summed E-state index contributed by atoms with van der Waals surface area (Å²) in [5.74, 6) is 5.31. The number of esters is 1. The van der Waals surface area contributed by atoms with Crippen molar-refractivity contribution in [1.82, 2.24) is 4.98 Å². The van der Waals surface area contributed by atoms with Crippen LogP contribution in [-0.2, 0) is 20.1 Å². The fraction of sp³-hybridized carbons (Fsp3) is 0.708. The number of carbonyl (C=O) groups excluding carboxylic acids is 2. The summed E-state index contributed by atoms with van der Waals surface area (Å²) in [4.78, 5) is 29.1. The zero-order valence-electron chi connectivity index (χ0n) is 17.6. The fourth-order valence-corrected chi connectivity index (χ4v) is 6.81. The van der Waals surface area contributed by atoms with E-state index in [1.807, 2.05) is 12.1 Å². The first kappa shape index (κ1) is 20.3. The second kappa shape index (κ2) is 8.89. The van der Waals surface area contributed by atoms with E-state index in [1.165, 1.54) is 51.4 Å². The first-order valence-electron chi connectivity index (χ1n) is 11.7. The standard InChI is InChI=1S/C24H32N2O3S/c27-23(21-16-5-1-2-6-17(16)21)26-20-13-15(9-10-25-20)14-30-12-11-29-24(28)22-18-7-3-4-8-19(18)22/h9-10,13,16-19,21-22H,1-8,11-12,14H2,(H,25,26,27)/t16-,17-,18-,19+,22?/m0/s1. The van der Waals surface area contributed by atoms with Crippen LogP contribution in [0.1, 0.15) is 56.9 Å². The first-order valence-corrected chi connectivity index (χ1v) is 12.9. The summed E-state index contributed by atoms with van der Waals surface area (Å²) in [6.07, 6.45) is 11.7. The first-order chi connectivity index (χ1) is 14.7. The Hall–Kier alpha value is -1.56. The summed E-state index contributed by atoms with van der Waals surface area (Å²) in [5.41, 5.74) is 1.14. The highest BCUT2D eigenvalue weighted by molar-refractivity contribution is 7.98. The summed E-state index contributed by atoms with van der Waals surface area (Å²) in [5, 5.41) is 3.03. The second-order valence-electron chi connectivity index (χ2n) is 9.53. The lowest BCUT2D eigenvalue weighted by atomic mass is 10.0. The minimum absolute atomic E-state index is 0.0297. The maximum absolute atomic E-state index is 12.6. The molecular weight excluding hydrogens is 396 g/mol. The van der Waals surface area contributed by atoms with Crippen molar-refractivity contribution >= 4 is 29.5 Å². The lowest BCUT2D eigenvalue weighted by Crippen LogP contribution is -2.16. The number of pyridine rings is 1. The van der Waals surface area contributed by atoms with Gasteiger partial charge >= 0.3 is 5.97 Å². The van der Waals surface area contributed by atoms with Gasteiger partial charge in [0.05, 0.1) is 5.92 Å². The van der Waals surface area contributed by atoms with Gasteiger partial charge in [0.2, 0.25) is 5.91 Å². The SMILES string of the molecule is O=C(Nc1cc(CSCCOC(=O)C2[C@H]3CCCC[C@@H]23)ccn1)C1[C@H]2CCCC[C@H]12. The van der Waals surface area contributed by atoms with E-state index in [1.54, 1.807) is 18.0 Å². The number of ether oxygens (including phenoxy) is 1. The Labute approximate surface area is 183 Å². The van der Waals surface area contributed by atoms with Crippen molar-refractivity contribution in [2.75, 3.05) is 17.7 Å². The van der Waals surface area contributed by atoms with Crippen LogP contribution in [0.4, 0.5) is 5.82 Å². The van der Waals surface area contributed by atoms with E-state index in [9.17, 15) is 9.59 Å². The molecule has 1 aromatic heterocycles. The number of rotatable bonds is 8. The summed E-state index contributed by atoms with van der Waals surface area (Å²) in [6.45, 7) is 0.485. The average Bonchev–Trinajstić information content (AvgIpc) is 3.66. The molecule has 0 bridgehead atoms. The third kappa shape index (κ3) is 4.39. The van der Waals surface area contributed by atoms with Crippen molar-refractivity contribution in [2.45, 2.75) is 57.1 Å². The predicted octanol–water partition coefficient (Wildman–Crippen LogP) is 4.67. The van der Waals surface area contributed by atoms with E-state index >= 15 is 0 Å². The molecule has 0 spiro atoms. The van der Waals surface area contributed by atoms with Crippen LogP contribution in [0.3, 0.4) is 0 Å². The monoisotopic (exact) mass is 428 g/mol. The molecule has 0 saturated heterocycles. The maximum atomic E-state index is 12.6. The average molecular weight is 429 g/mol. The number of hydrogen-bond acceptors (Lipinski definition) is 5. The smallest absolute Gasteiger partial charge is 0.309 e. The Morgan fingerprint density at radius 3 is 2.30 bits per heavy atom. The van der Waals surface area contributed by atoms with Gasteiger partial charge in [0.15, 0.2) is 0 Å². The molecule has 4 saturated carbocycles. The Morgan fingerprint density at radius 2 is 1.63 bits per heavy atom. The van der Waals surface area contributed by atoms with Crippen LogP contribution in [0.5, 0.6) is 0 Å². The fourth-order valence-electron chi connectivity index (χ4n) is 6.05. The molecule has 1 amide bonds. The normalized spacial score (nSPS) is 33.7. The Kier molecular flexibility index (Phi) is 6.03. The third-order valence-corrected chi connectivity index (χ3v) is 8.70. The summed E-state index contributed by atoms with van der Waals surface area (Å²) in [6, 6.07) is 3.96. The molecule has 1 heterocycles. The number of amides is 1. The van der Waals surface area contributed by atoms with Crippen molar-refractivity contribution in [3.05, 3.63) is 23.9 Å². The molecule has 162 valence electrons. The van der Waals surface area contributed by atoms with E-state index in [0.29, 0.717) is 36.1 Å². The lowest BCUT2D eigenvalue weighted by Gasteiger charge is -2.07. The highest BCUT2D eigenvalue weighted by Crippen LogP contribution is 2.56. The molecule has 4 aliphatic carbocycles. The van der Waals surface area contributed by atoms with Crippen LogP contribution in [0.2, 0.25) is 0 Å². The van der Waals surface area contributed by atoms with Crippen molar-refractivity contribution in [3.8, 4) is 0 Å². The number of aromatic nitrogens is 1. The Bertz CT molecular complexity index is 776. The number of thioether (sulfide) groups is 1. The number of nitrogens with zero attached hydrogens (tertiary/aromatic N) is 1. The molecule has 0 aliphatic heterocycles. The van der Waals surface area contributed by atoms with E-state index in [4.69, 9.17) is 4.74 Å². The largest absolute Gasteiger partial charge is 0.465 e. The van der Waals surface area contributed by atoms with Gasteiger partial charge in [-0.05, 0) is 67.1 Å². The molecule has 0 aromatic carbocycles.